The maximum absolute atomic E-state index is 12.4. The van der Waals surface area contributed by atoms with Crippen LogP contribution in [0.4, 0.5) is 0 Å². The molecule has 4 nitrogen and oxygen atoms in total. The minimum absolute atomic E-state index is 0.109. The molecule has 0 heterocycles. The zero-order chi connectivity index (χ0) is 15.5. The van der Waals surface area contributed by atoms with Crippen LogP contribution in [0.5, 0.6) is 0 Å². The molecule has 6 heteroatoms. The van der Waals surface area contributed by atoms with E-state index in [0.29, 0.717) is 15.3 Å². The van der Waals surface area contributed by atoms with Gasteiger partial charge >= 0.3 is 0 Å². The first-order chi connectivity index (χ1) is 9.97. The molecule has 1 aromatic carbocycles. The van der Waals surface area contributed by atoms with Gasteiger partial charge in [-0.1, -0.05) is 26.3 Å². The lowest BCUT2D eigenvalue weighted by atomic mass is 10.2. The summed E-state index contributed by atoms with van der Waals surface area (Å²) >= 11 is 3.39. The van der Waals surface area contributed by atoms with Gasteiger partial charge in [-0.2, -0.15) is 0 Å². The lowest BCUT2D eigenvalue weighted by Crippen LogP contribution is -2.27. The predicted octanol–water partition coefficient (Wildman–Crippen LogP) is 3.03. The molecular formula is C15H23BrN2O2S. The molecule has 0 radical (unpaired) electrons. The summed E-state index contributed by atoms with van der Waals surface area (Å²) in [5, 5.41) is 3.31. The Morgan fingerprint density at radius 2 is 2.10 bits per heavy atom. The molecule has 118 valence electrons. The van der Waals surface area contributed by atoms with Gasteiger partial charge in [-0.25, -0.2) is 13.1 Å². The highest BCUT2D eigenvalue weighted by molar-refractivity contribution is 9.10. The summed E-state index contributed by atoms with van der Waals surface area (Å²) in [6, 6.07) is 5.53. The van der Waals surface area contributed by atoms with Crippen LogP contribution in [-0.4, -0.2) is 21.0 Å². The van der Waals surface area contributed by atoms with E-state index in [1.54, 1.807) is 6.07 Å². The quantitative estimate of drug-likeness (QED) is 0.687. The molecule has 0 amide bonds. The minimum Gasteiger partial charge on any atom is -0.313 e. The Morgan fingerprint density at radius 1 is 1.33 bits per heavy atom. The summed E-state index contributed by atoms with van der Waals surface area (Å²) in [6.45, 7) is 5.92. The zero-order valence-electron chi connectivity index (χ0n) is 12.5. The van der Waals surface area contributed by atoms with Gasteiger partial charge in [0.1, 0.15) is 0 Å². The summed E-state index contributed by atoms with van der Waals surface area (Å²) in [6.07, 6.45) is 3.06. The van der Waals surface area contributed by atoms with Crippen molar-refractivity contribution < 1.29 is 8.42 Å². The third kappa shape index (κ3) is 4.52. The van der Waals surface area contributed by atoms with Gasteiger partial charge in [-0.05, 0) is 58.9 Å². The number of hydrogen-bond donors (Lipinski definition) is 2. The first-order valence-electron chi connectivity index (χ1n) is 7.49. The Balaban J connectivity index is 2.05. The largest absolute Gasteiger partial charge is 0.313 e. The molecule has 1 fully saturated rings. The molecule has 2 unspecified atom stereocenters. The van der Waals surface area contributed by atoms with Gasteiger partial charge in [-0.15, -0.1) is 0 Å². The Labute approximate surface area is 135 Å². The highest BCUT2D eigenvalue weighted by Crippen LogP contribution is 2.35. The van der Waals surface area contributed by atoms with Crippen molar-refractivity contribution >= 4 is 26.0 Å². The summed E-state index contributed by atoms with van der Waals surface area (Å²) in [5.74, 6) is 0.496. The molecule has 2 atom stereocenters. The van der Waals surface area contributed by atoms with Crippen LogP contribution in [0.1, 0.15) is 38.7 Å². The lowest BCUT2D eigenvalue weighted by molar-refractivity contribution is 0.575. The number of benzene rings is 1. The van der Waals surface area contributed by atoms with E-state index in [9.17, 15) is 8.42 Å². The summed E-state index contributed by atoms with van der Waals surface area (Å²) < 4.78 is 28.2. The molecule has 1 aromatic rings. The predicted molar refractivity (Wildman–Crippen MR) is 88.6 cm³/mol. The van der Waals surface area contributed by atoms with Gasteiger partial charge in [0.05, 0.1) is 4.90 Å². The number of halogens is 1. The Hall–Kier alpha value is -0.430. The van der Waals surface area contributed by atoms with Crippen LogP contribution in [0.3, 0.4) is 0 Å². The van der Waals surface area contributed by atoms with Crippen LogP contribution in [0.25, 0.3) is 0 Å². The monoisotopic (exact) mass is 374 g/mol. The van der Waals surface area contributed by atoms with Gasteiger partial charge in [0.15, 0.2) is 0 Å². The number of nitrogens with one attached hydrogen (secondary N) is 2. The van der Waals surface area contributed by atoms with Crippen molar-refractivity contribution in [1.82, 2.24) is 10.0 Å². The van der Waals surface area contributed by atoms with E-state index in [-0.39, 0.29) is 6.04 Å². The van der Waals surface area contributed by atoms with Crippen molar-refractivity contribution in [3.05, 3.63) is 28.2 Å². The highest BCUT2D eigenvalue weighted by atomic mass is 79.9. The van der Waals surface area contributed by atoms with Crippen molar-refractivity contribution in [2.75, 3.05) is 6.54 Å². The molecule has 0 aliphatic heterocycles. The van der Waals surface area contributed by atoms with Crippen LogP contribution in [-0.2, 0) is 16.6 Å². The van der Waals surface area contributed by atoms with E-state index >= 15 is 0 Å². The van der Waals surface area contributed by atoms with Gasteiger partial charge in [0.2, 0.25) is 10.0 Å². The Morgan fingerprint density at radius 3 is 2.67 bits per heavy atom. The molecule has 2 N–H and O–H groups in total. The molecule has 0 aromatic heterocycles. The van der Waals surface area contributed by atoms with Crippen LogP contribution >= 0.6 is 15.9 Å². The molecule has 0 spiro atoms. The molecule has 1 aliphatic rings. The van der Waals surface area contributed by atoms with Gasteiger partial charge < -0.3 is 5.32 Å². The maximum atomic E-state index is 12.4. The van der Waals surface area contributed by atoms with E-state index in [2.05, 4.69) is 39.8 Å². The molecule has 0 bridgehead atoms. The average molecular weight is 375 g/mol. The first-order valence-corrected chi connectivity index (χ1v) is 9.77. The van der Waals surface area contributed by atoms with Gasteiger partial charge in [0, 0.05) is 17.1 Å². The number of hydrogen-bond acceptors (Lipinski definition) is 3. The van der Waals surface area contributed by atoms with E-state index in [0.717, 1.165) is 37.9 Å². The first kappa shape index (κ1) is 16.9. The lowest BCUT2D eigenvalue weighted by Gasteiger charge is -2.10. The third-order valence-corrected chi connectivity index (χ3v) is 6.26. The fourth-order valence-corrected chi connectivity index (χ4v) is 4.83. The van der Waals surface area contributed by atoms with Crippen molar-refractivity contribution in [3.8, 4) is 0 Å². The minimum atomic E-state index is -3.43. The van der Waals surface area contributed by atoms with Gasteiger partial charge in [-0.3, -0.25) is 0 Å². The fourth-order valence-electron chi connectivity index (χ4n) is 2.39. The molecule has 1 saturated carbocycles. The van der Waals surface area contributed by atoms with Crippen molar-refractivity contribution in [1.29, 1.82) is 0 Å². The molecule has 21 heavy (non-hydrogen) atoms. The second-order valence-corrected chi connectivity index (χ2v) is 8.11. The molecule has 1 aliphatic carbocycles. The van der Waals surface area contributed by atoms with Crippen LogP contribution < -0.4 is 10.0 Å². The SMILES string of the molecule is CCCNCc1ccc(S(=O)(=O)NC2CC2CC)c(Br)c1. The van der Waals surface area contributed by atoms with Crippen LogP contribution in [0.2, 0.25) is 0 Å². The second kappa shape index (κ2) is 7.22. The van der Waals surface area contributed by atoms with E-state index < -0.39 is 10.0 Å². The zero-order valence-corrected chi connectivity index (χ0v) is 14.9. The van der Waals surface area contributed by atoms with Crippen molar-refractivity contribution in [2.45, 2.75) is 50.6 Å². The Kier molecular flexibility index (Phi) is 5.82. The van der Waals surface area contributed by atoms with Crippen LogP contribution in [0, 0.1) is 5.92 Å². The van der Waals surface area contributed by atoms with E-state index in [1.807, 2.05) is 12.1 Å². The Bertz CT molecular complexity index is 589. The summed E-state index contributed by atoms with van der Waals surface area (Å²) in [4.78, 5) is 0.323. The second-order valence-electron chi connectivity index (χ2n) is 5.57. The molecule has 0 saturated heterocycles. The molecular weight excluding hydrogens is 352 g/mol. The number of rotatable bonds is 8. The molecule has 2 rings (SSSR count). The van der Waals surface area contributed by atoms with E-state index in [1.165, 1.54) is 0 Å². The maximum Gasteiger partial charge on any atom is 0.241 e. The third-order valence-electron chi connectivity index (χ3n) is 3.80. The topological polar surface area (TPSA) is 58.2 Å². The summed E-state index contributed by atoms with van der Waals surface area (Å²) in [5.41, 5.74) is 1.08. The summed E-state index contributed by atoms with van der Waals surface area (Å²) in [7, 11) is -3.43. The standard InChI is InChI=1S/C15H23BrN2O2S/c1-3-7-17-10-11-5-6-15(13(16)8-11)21(19,20)18-14-9-12(14)4-2/h5-6,8,12,14,17-18H,3-4,7,9-10H2,1-2H3. The van der Waals surface area contributed by atoms with Crippen LogP contribution in [0.15, 0.2) is 27.6 Å². The highest BCUT2D eigenvalue weighted by Gasteiger charge is 2.39. The smallest absolute Gasteiger partial charge is 0.241 e. The van der Waals surface area contributed by atoms with Gasteiger partial charge in [0.25, 0.3) is 0 Å². The van der Waals surface area contributed by atoms with E-state index in [4.69, 9.17) is 0 Å². The van der Waals surface area contributed by atoms with Crippen molar-refractivity contribution in [3.63, 3.8) is 0 Å². The number of sulfonamides is 1. The fraction of sp³-hybridized carbons (Fsp3) is 0.600. The van der Waals surface area contributed by atoms with Crippen molar-refractivity contribution in [2.24, 2.45) is 5.92 Å². The average Bonchev–Trinajstić information content (AvgIpc) is 3.16. The normalized spacial score (nSPS) is 21.5.